The van der Waals surface area contributed by atoms with Gasteiger partial charge in [0.15, 0.2) is 0 Å². The minimum Gasteiger partial charge on any atom is -0.317 e. The van der Waals surface area contributed by atoms with Crippen LogP contribution in [0.2, 0.25) is 0 Å². The molecule has 20 heavy (non-hydrogen) atoms. The summed E-state index contributed by atoms with van der Waals surface area (Å²) in [5.74, 6) is 0.611. The number of aromatic nitrogens is 2. The Morgan fingerprint density at radius 1 is 1.15 bits per heavy atom. The van der Waals surface area contributed by atoms with Crippen molar-refractivity contribution in [2.45, 2.75) is 32.6 Å². The van der Waals surface area contributed by atoms with Crippen LogP contribution in [-0.4, -0.2) is 22.9 Å². The molecule has 3 nitrogen and oxygen atoms in total. The van der Waals surface area contributed by atoms with Crippen molar-refractivity contribution in [2.75, 3.05) is 13.1 Å². The summed E-state index contributed by atoms with van der Waals surface area (Å²) in [5, 5.41) is 8.27. The smallest absolute Gasteiger partial charge is 0.0713 e. The first-order chi connectivity index (χ1) is 9.68. The van der Waals surface area contributed by atoms with Gasteiger partial charge in [-0.2, -0.15) is 5.10 Å². The van der Waals surface area contributed by atoms with E-state index in [1.165, 1.54) is 40.9 Å². The van der Waals surface area contributed by atoms with Crippen molar-refractivity contribution in [3.05, 3.63) is 41.1 Å². The normalized spacial score (nSPS) is 16.6. The Bertz CT molecular complexity index is 607. The second-order valence-corrected chi connectivity index (χ2v) is 5.82. The highest BCUT2D eigenvalue weighted by Crippen LogP contribution is 2.33. The number of benzene rings is 1. The summed E-state index contributed by atoms with van der Waals surface area (Å²) in [7, 11) is 2.07. The molecule has 1 aliphatic heterocycles. The highest BCUT2D eigenvalue weighted by Gasteiger charge is 2.23. The van der Waals surface area contributed by atoms with Crippen molar-refractivity contribution < 1.29 is 0 Å². The molecule has 0 bridgehead atoms. The summed E-state index contributed by atoms with van der Waals surface area (Å²) in [6.07, 6.45) is 2.40. The molecule has 0 atom stereocenters. The lowest BCUT2D eigenvalue weighted by Gasteiger charge is -2.21. The molecule has 0 saturated carbocycles. The first-order valence-electron chi connectivity index (χ1n) is 7.48. The number of rotatable bonds is 2. The Hall–Kier alpha value is -1.61. The SMILES string of the molecule is Cc1ccccc1-c1c(C)c(C2CCNCC2)nn1C. The van der Waals surface area contributed by atoms with Crippen LogP contribution >= 0.6 is 0 Å². The molecule has 2 aromatic rings. The fourth-order valence-corrected chi connectivity index (χ4v) is 3.35. The number of hydrogen-bond acceptors (Lipinski definition) is 2. The fourth-order valence-electron chi connectivity index (χ4n) is 3.35. The number of piperidine rings is 1. The molecule has 3 heteroatoms. The van der Waals surface area contributed by atoms with Crippen LogP contribution < -0.4 is 5.32 Å². The molecule has 106 valence electrons. The Kier molecular flexibility index (Phi) is 3.62. The average Bonchev–Trinajstić information content (AvgIpc) is 2.76. The molecule has 1 fully saturated rings. The van der Waals surface area contributed by atoms with E-state index in [9.17, 15) is 0 Å². The second kappa shape index (κ2) is 5.41. The van der Waals surface area contributed by atoms with E-state index in [1.807, 2.05) is 0 Å². The van der Waals surface area contributed by atoms with Gasteiger partial charge < -0.3 is 5.32 Å². The summed E-state index contributed by atoms with van der Waals surface area (Å²) in [6.45, 7) is 6.62. The standard InChI is InChI=1S/C17H23N3/c1-12-6-4-5-7-15(12)17-13(2)16(19-20(17)3)14-8-10-18-11-9-14/h4-7,14,18H,8-11H2,1-3H3. The lowest BCUT2D eigenvalue weighted by molar-refractivity contribution is 0.449. The van der Waals surface area contributed by atoms with Crippen LogP contribution in [-0.2, 0) is 7.05 Å². The van der Waals surface area contributed by atoms with Gasteiger partial charge in [0.1, 0.15) is 0 Å². The quantitative estimate of drug-likeness (QED) is 0.907. The van der Waals surface area contributed by atoms with E-state index < -0.39 is 0 Å². The van der Waals surface area contributed by atoms with Crippen molar-refractivity contribution in [3.8, 4) is 11.3 Å². The van der Waals surface area contributed by atoms with Gasteiger partial charge in [-0.15, -0.1) is 0 Å². The summed E-state index contributed by atoms with van der Waals surface area (Å²) in [6, 6.07) is 8.58. The van der Waals surface area contributed by atoms with E-state index in [2.05, 4.69) is 55.2 Å². The van der Waals surface area contributed by atoms with Crippen LogP contribution in [0, 0.1) is 13.8 Å². The lowest BCUT2D eigenvalue weighted by atomic mass is 9.91. The van der Waals surface area contributed by atoms with Gasteiger partial charge in [-0.1, -0.05) is 24.3 Å². The van der Waals surface area contributed by atoms with Crippen LogP contribution in [0.25, 0.3) is 11.3 Å². The zero-order valence-corrected chi connectivity index (χ0v) is 12.6. The average molecular weight is 269 g/mol. The third kappa shape index (κ3) is 2.27. The van der Waals surface area contributed by atoms with Crippen molar-refractivity contribution >= 4 is 0 Å². The van der Waals surface area contributed by atoms with Crippen molar-refractivity contribution in [3.63, 3.8) is 0 Å². The predicted molar refractivity (Wildman–Crippen MR) is 83.0 cm³/mol. The molecule has 0 spiro atoms. The van der Waals surface area contributed by atoms with E-state index >= 15 is 0 Å². The van der Waals surface area contributed by atoms with Crippen LogP contribution in [0.4, 0.5) is 0 Å². The van der Waals surface area contributed by atoms with Gasteiger partial charge >= 0.3 is 0 Å². The van der Waals surface area contributed by atoms with E-state index in [4.69, 9.17) is 5.10 Å². The third-order valence-corrected chi connectivity index (χ3v) is 4.45. The van der Waals surface area contributed by atoms with Crippen LogP contribution in [0.5, 0.6) is 0 Å². The van der Waals surface area contributed by atoms with E-state index in [0.29, 0.717) is 5.92 Å². The van der Waals surface area contributed by atoms with Gasteiger partial charge in [0.25, 0.3) is 0 Å². The van der Waals surface area contributed by atoms with Crippen LogP contribution in [0.1, 0.15) is 35.6 Å². The minimum atomic E-state index is 0.611. The van der Waals surface area contributed by atoms with Crippen LogP contribution in [0.3, 0.4) is 0 Å². The molecule has 1 aromatic carbocycles. The Morgan fingerprint density at radius 2 is 1.85 bits per heavy atom. The Morgan fingerprint density at radius 3 is 2.55 bits per heavy atom. The Labute approximate surface area is 121 Å². The monoisotopic (exact) mass is 269 g/mol. The topological polar surface area (TPSA) is 29.9 Å². The van der Waals surface area contributed by atoms with Crippen molar-refractivity contribution in [1.29, 1.82) is 0 Å². The first-order valence-corrected chi connectivity index (χ1v) is 7.48. The van der Waals surface area contributed by atoms with E-state index in [0.717, 1.165) is 13.1 Å². The molecule has 0 amide bonds. The highest BCUT2D eigenvalue weighted by molar-refractivity contribution is 5.68. The molecule has 1 aromatic heterocycles. The number of hydrogen-bond donors (Lipinski definition) is 1. The summed E-state index contributed by atoms with van der Waals surface area (Å²) >= 11 is 0. The zero-order valence-electron chi connectivity index (χ0n) is 12.6. The van der Waals surface area contributed by atoms with Crippen molar-refractivity contribution in [2.24, 2.45) is 7.05 Å². The largest absolute Gasteiger partial charge is 0.317 e. The summed E-state index contributed by atoms with van der Waals surface area (Å²) in [5.41, 5.74) is 6.55. The highest BCUT2D eigenvalue weighted by atomic mass is 15.3. The molecule has 0 aliphatic carbocycles. The molecular formula is C17H23N3. The lowest BCUT2D eigenvalue weighted by Crippen LogP contribution is -2.27. The maximum atomic E-state index is 4.84. The minimum absolute atomic E-state index is 0.611. The fraction of sp³-hybridized carbons (Fsp3) is 0.471. The molecule has 0 radical (unpaired) electrons. The molecule has 3 rings (SSSR count). The number of aryl methyl sites for hydroxylation is 2. The van der Waals surface area contributed by atoms with Gasteiger partial charge in [-0.25, -0.2) is 0 Å². The molecule has 2 heterocycles. The summed E-state index contributed by atoms with van der Waals surface area (Å²) < 4.78 is 2.06. The second-order valence-electron chi connectivity index (χ2n) is 5.82. The Balaban J connectivity index is 2.05. The number of nitrogens with zero attached hydrogens (tertiary/aromatic N) is 2. The third-order valence-electron chi connectivity index (χ3n) is 4.45. The van der Waals surface area contributed by atoms with Crippen LogP contribution in [0.15, 0.2) is 24.3 Å². The predicted octanol–water partition coefficient (Wildman–Crippen LogP) is 3.17. The van der Waals surface area contributed by atoms with Crippen molar-refractivity contribution in [1.82, 2.24) is 15.1 Å². The molecule has 0 unspecified atom stereocenters. The molecule has 1 N–H and O–H groups in total. The summed E-state index contributed by atoms with van der Waals surface area (Å²) in [4.78, 5) is 0. The van der Waals surface area contributed by atoms with Gasteiger partial charge in [-0.05, 0) is 50.9 Å². The van der Waals surface area contributed by atoms with Gasteiger partial charge in [-0.3, -0.25) is 4.68 Å². The molecule has 1 saturated heterocycles. The van der Waals surface area contributed by atoms with Gasteiger partial charge in [0.2, 0.25) is 0 Å². The maximum absolute atomic E-state index is 4.84. The maximum Gasteiger partial charge on any atom is 0.0713 e. The first kappa shape index (κ1) is 13.4. The molecular weight excluding hydrogens is 246 g/mol. The zero-order chi connectivity index (χ0) is 14.1. The van der Waals surface area contributed by atoms with Gasteiger partial charge in [0, 0.05) is 18.5 Å². The number of nitrogens with one attached hydrogen (secondary N) is 1. The van der Waals surface area contributed by atoms with E-state index in [1.54, 1.807) is 0 Å². The van der Waals surface area contributed by atoms with E-state index in [-0.39, 0.29) is 0 Å². The van der Waals surface area contributed by atoms with Gasteiger partial charge in [0.05, 0.1) is 11.4 Å². The molecule has 1 aliphatic rings.